The molecule has 1 heterocycles. The predicted octanol–water partition coefficient (Wildman–Crippen LogP) is 3.10. The zero-order chi connectivity index (χ0) is 15.9. The highest BCUT2D eigenvalue weighted by atomic mass is 19.1. The van der Waals surface area contributed by atoms with Gasteiger partial charge in [-0.25, -0.2) is 4.39 Å². The molecule has 1 aromatic heterocycles. The second-order valence-corrected chi connectivity index (χ2v) is 5.08. The Morgan fingerprint density at radius 2 is 1.86 bits per heavy atom. The first-order chi connectivity index (χ1) is 10.6. The number of carbonyl (C=O) groups is 1. The van der Waals surface area contributed by atoms with Crippen LogP contribution in [0.4, 0.5) is 4.39 Å². The monoisotopic (exact) mass is 302 g/mol. The van der Waals surface area contributed by atoms with Gasteiger partial charge in [0.15, 0.2) is 0 Å². The lowest BCUT2D eigenvalue weighted by atomic mass is 10.1. The Morgan fingerprint density at radius 3 is 2.50 bits per heavy atom. The molecule has 0 saturated heterocycles. The summed E-state index contributed by atoms with van der Waals surface area (Å²) in [5.74, 6) is -0.711. The minimum Gasteiger partial charge on any atom is -0.352 e. The summed E-state index contributed by atoms with van der Waals surface area (Å²) >= 11 is 0. The summed E-state index contributed by atoms with van der Waals surface area (Å²) in [6.07, 6.45) is 3.01. The van der Waals surface area contributed by atoms with E-state index < -0.39 is 5.56 Å². The number of carbonyl (C=O) groups excluding carboxylic acids is 1. The van der Waals surface area contributed by atoms with E-state index in [2.05, 4.69) is 17.2 Å². The van der Waals surface area contributed by atoms with E-state index in [1.54, 1.807) is 18.2 Å². The number of H-pyrrole nitrogens is 1. The van der Waals surface area contributed by atoms with Crippen LogP contribution in [0.25, 0.3) is 11.3 Å². The van der Waals surface area contributed by atoms with Gasteiger partial charge in [0.25, 0.3) is 11.5 Å². The standard InChI is InChI=1S/C17H19FN2O2/c1-2-3-4-11-19-16(21)14-9-10-15(20-17(14)22)12-5-7-13(18)8-6-12/h5-10H,2-4,11H2,1H3,(H,19,21)(H,20,22). The SMILES string of the molecule is CCCCCNC(=O)c1ccc(-c2ccc(F)cc2)[nH]c1=O. The molecule has 5 heteroatoms. The third-order valence-electron chi connectivity index (χ3n) is 3.38. The van der Waals surface area contributed by atoms with Gasteiger partial charge in [0, 0.05) is 12.2 Å². The number of pyridine rings is 1. The molecule has 0 radical (unpaired) electrons. The van der Waals surface area contributed by atoms with Crippen molar-refractivity contribution in [3.63, 3.8) is 0 Å². The molecule has 1 aromatic carbocycles. The molecule has 0 bridgehead atoms. The molecule has 22 heavy (non-hydrogen) atoms. The van der Waals surface area contributed by atoms with Crippen molar-refractivity contribution >= 4 is 5.91 Å². The first-order valence-electron chi connectivity index (χ1n) is 7.39. The van der Waals surface area contributed by atoms with E-state index in [-0.39, 0.29) is 17.3 Å². The number of amides is 1. The predicted molar refractivity (Wildman–Crippen MR) is 84.3 cm³/mol. The number of benzene rings is 1. The van der Waals surface area contributed by atoms with Crippen LogP contribution >= 0.6 is 0 Å². The minimum absolute atomic E-state index is 0.0855. The van der Waals surface area contributed by atoms with Crippen molar-refractivity contribution in [2.45, 2.75) is 26.2 Å². The van der Waals surface area contributed by atoms with Gasteiger partial charge in [-0.05, 0) is 48.4 Å². The fourth-order valence-corrected chi connectivity index (χ4v) is 2.12. The van der Waals surface area contributed by atoms with E-state index in [1.807, 2.05) is 0 Å². The molecule has 2 rings (SSSR count). The van der Waals surface area contributed by atoms with Crippen LogP contribution in [0.5, 0.6) is 0 Å². The van der Waals surface area contributed by atoms with Crippen LogP contribution in [-0.4, -0.2) is 17.4 Å². The van der Waals surface area contributed by atoms with Crippen molar-refractivity contribution in [2.24, 2.45) is 0 Å². The average molecular weight is 302 g/mol. The van der Waals surface area contributed by atoms with Crippen molar-refractivity contribution in [1.29, 1.82) is 0 Å². The van der Waals surface area contributed by atoms with Crippen LogP contribution < -0.4 is 10.9 Å². The van der Waals surface area contributed by atoms with Crippen molar-refractivity contribution in [2.75, 3.05) is 6.54 Å². The van der Waals surface area contributed by atoms with E-state index in [1.165, 1.54) is 18.2 Å². The lowest BCUT2D eigenvalue weighted by Gasteiger charge is -2.06. The zero-order valence-electron chi connectivity index (χ0n) is 12.5. The molecular weight excluding hydrogens is 283 g/mol. The number of hydrogen-bond acceptors (Lipinski definition) is 2. The lowest BCUT2D eigenvalue weighted by Crippen LogP contribution is -2.30. The van der Waals surface area contributed by atoms with E-state index in [0.29, 0.717) is 17.8 Å². The van der Waals surface area contributed by atoms with Crippen molar-refractivity contribution in [3.8, 4) is 11.3 Å². The molecule has 0 unspecified atom stereocenters. The van der Waals surface area contributed by atoms with Gasteiger partial charge in [0.2, 0.25) is 0 Å². The Balaban J connectivity index is 2.11. The van der Waals surface area contributed by atoms with Gasteiger partial charge in [0.05, 0.1) is 0 Å². The summed E-state index contributed by atoms with van der Waals surface area (Å²) in [5.41, 5.74) is 0.873. The highest BCUT2D eigenvalue weighted by Gasteiger charge is 2.10. The van der Waals surface area contributed by atoms with E-state index in [9.17, 15) is 14.0 Å². The van der Waals surface area contributed by atoms with Crippen LogP contribution in [-0.2, 0) is 0 Å². The Hall–Kier alpha value is -2.43. The molecule has 1 amide bonds. The molecule has 116 valence electrons. The van der Waals surface area contributed by atoms with Crippen molar-refractivity contribution in [1.82, 2.24) is 10.3 Å². The summed E-state index contributed by atoms with van der Waals surface area (Å²) in [6.45, 7) is 2.65. The van der Waals surface area contributed by atoms with Gasteiger partial charge in [-0.1, -0.05) is 19.8 Å². The summed E-state index contributed by atoms with van der Waals surface area (Å²) in [5, 5.41) is 2.73. The number of rotatable bonds is 6. The summed E-state index contributed by atoms with van der Waals surface area (Å²) in [6, 6.07) is 8.93. The molecule has 4 nitrogen and oxygen atoms in total. The normalized spacial score (nSPS) is 10.5. The van der Waals surface area contributed by atoms with E-state index >= 15 is 0 Å². The first-order valence-corrected chi connectivity index (χ1v) is 7.39. The van der Waals surface area contributed by atoms with Crippen molar-refractivity contribution in [3.05, 3.63) is 58.1 Å². The van der Waals surface area contributed by atoms with Crippen molar-refractivity contribution < 1.29 is 9.18 Å². The molecule has 0 fully saturated rings. The van der Waals surface area contributed by atoms with Gasteiger partial charge < -0.3 is 10.3 Å². The topological polar surface area (TPSA) is 62.0 Å². The van der Waals surface area contributed by atoms with Crippen LogP contribution in [0.15, 0.2) is 41.2 Å². The molecule has 2 aromatic rings. The van der Waals surface area contributed by atoms with E-state index in [0.717, 1.165) is 19.3 Å². The Labute approximate surface area is 128 Å². The maximum atomic E-state index is 12.9. The fraction of sp³-hybridized carbons (Fsp3) is 0.294. The van der Waals surface area contributed by atoms with Gasteiger partial charge in [-0.2, -0.15) is 0 Å². The molecule has 0 aliphatic carbocycles. The molecule has 0 spiro atoms. The third kappa shape index (κ3) is 4.04. The van der Waals surface area contributed by atoms with Gasteiger partial charge in [-0.15, -0.1) is 0 Å². The smallest absolute Gasteiger partial charge is 0.261 e. The molecule has 0 atom stereocenters. The van der Waals surface area contributed by atoms with Gasteiger partial charge in [-0.3, -0.25) is 9.59 Å². The largest absolute Gasteiger partial charge is 0.352 e. The van der Waals surface area contributed by atoms with Crippen LogP contribution in [0, 0.1) is 5.82 Å². The number of hydrogen-bond donors (Lipinski definition) is 2. The van der Waals surface area contributed by atoms with Gasteiger partial charge in [0.1, 0.15) is 11.4 Å². The Morgan fingerprint density at radius 1 is 1.14 bits per heavy atom. The van der Waals surface area contributed by atoms with Crippen LogP contribution in [0.2, 0.25) is 0 Å². The quantitative estimate of drug-likeness (QED) is 0.805. The zero-order valence-corrected chi connectivity index (χ0v) is 12.5. The highest BCUT2D eigenvalue weighted by molar-refractivity contribution is 5.94. The molecule has 0 saturated carbocycles. The first kappa shape index (κ1) is 15.9. The maximum absolute atomic E-state index is 12.9. The van der Waals surface area contributed by atoms with Crippen LogP contribution in [0.3, 0.4) is 0 Å². The summed E-state index contributed by atoms with van der Waals surface area (Å²) in [4.78, 5) is 26.6. The Kier molecular flexibility index (Phi) is 5.47. The summed E-state index contributed by atoms with van der Waals surface area (Å²) < 4.78 is 12.9. The molecular formula is C17H19FN2O2. The number of halogens is 1. The van der Waals surface area contributed by atoms with E-state index in [4.69, 9.17) is 0 Å². The van der Waals surface area contributed by atoms with Crippen LogP contribution in [0.1, 0.15) is 36.5 Å². The number of unbranched alkanes of at least 4 members (excludes halogenated alkanes) is 2. The van der Waals surface area contributed by atoms with Gasteiger partial charge >= 0.3 is 0 Å². The molecule has 2 N–H and O–H groups in total. The average Bonchev–Trinajstić information content (AvgIpc) is 2.52. The Bertz CT molecular complexity index is 693. The molecule has 0 aliphatic heterocycles. The second kappa shape index (κ2) is 7.54. The highest BCUT2D eigenvalue weighted by Crippen LogP contribution is 2.16. The molecule has 0 aliphatic rings. The fourth-order valence-electron chi connectivity index (χ4n) is 2.12. The third-order valence-corrected chi connectivity index (χ3v) is 3.38. The maximum Gasteiger partial charge on any atom is 0.261 e. The number of aromatic amines is 1. The number of aromatic nitrogens is 1. The summed E-state index contributed by atoms with van der Waals surface area (Å²) in [7, 11) is 0. The second-order valence-electron chi connectivity index (χ2n) is 5.08. The number of nitrogens with one attached hydrogen (secondary N) is 2. The minimum atomic E-state index is -0.449. The lowest BCUT2D eigenvalue weighted by molar-refractivity contribution is 0.0951.